The van der Waals surface area contributed by atoms with Crippen LogP contribution in [0.15, 0.2) is 88.9 Å². The molecule has 32 heavy (non-hydrogen) atoms. The number of aromatic nitrogens is 1. The molecule has 0 bridgehead atoms. The van der Waals surface area contributed by atoms with Crippen LogP contribution in [-0.4, -0.2) is 16.8 Å². The molecule has 6 heteroatoms. The number of pyridine rings is 1. The third-order valence-electron chi connectivity index (χ3n) is 5.83. The lowest BCUT2D eigenvalue weighted by Crippen LogP contribution is -2.30. The summed E-state index contributed by atoms with van der Waals surface area (Å²) in [5.41, 5.74) is 3.18. The molecule has 1 atom stereocenters. The smallest absolute Gasteiger partial charge is 0.258 e. The lowest BCUT2D eigenvalue weighted by atomic mass is 9.93. The highest BCUT2D eigenvalue weighted by Crippen LogP contribution is 2.40. The van der Waals surface area contributed by atoms with Crippen molar-refractivity contribution in [1.82, 2.24) is 4.98 Å². The molecule has 0 radical (unpaired) electrons. The molecule has 1 unspecified atom stereocenters. The SMILES string of the molecule is O=C(Nc1ccc(C(=O)N2Cc3ccccc3Sc3ncccc32)cc1)C1CC=CCC1. The first-order valence-corrected chi connectivity index (χ1v) is 11.6. The number of benzene rings is 2. The van der Waals surface area contributed by atoms with Crippen molar-refractivity contribution in [2.24, 2.45) is 5.92 Å². The summed E-state index contributed by atoms with van der Waals surface area (Å²) in [7, 11) is 0. The highest BCUT2D eigenvalue weighted by atomic mass is 32.2. The zero-order valence-electron chi connectivity index (χ0n) is 17.5. The van der Waals surface area contributed by atoms with Crippen LogP contribution in [0.4, 0.5) is 11.4 Å². The maximum Gasteiger partial charge on any atom is 0.258 e. The van der Waals surface area contributed by atoms with Crippen LogP contribution in [0.1, 0.15) is 35.2 Å². The summed E-state index contributed by atoms with van der Waals surface area (Å²) in [4.78, 5) is 33.4. The van der Waals surface area contributed by atoms with Crippen LogP contribution < -0.4 is 10.2 Å². The van der Waals surface area contributed by atoms with E-state index in [4.69, 9.17) is 0 Å². The number of fused-ring (bicyclic) bond motifs is 2. The fraction of sp³-hybridized carbons (Fsp3) is 0.192. The fourth-order valence-corrected chi connectivity index (χ4v) is 5.08. The molecule has 0 saturated heterocycles. The van der Waals surface area contributed by atoms with Gasteiger partial charge in [-0.05, 0) is 67.3 Å². The molecule has 0 fully saturated rings. The summed E-state index contributed by atoms with van der Waals surface area (Å²) in [6.45, 7) is 0.481. The predicted molar refractivity (Wildman–Crippen MR) is 127 cm³/mol. The summed E-state index contributed by atoms with van der Waals surface area (Å²) in [5.74, 6) is -0.0404. The molecule has 1 aliphatic heterocycles. The summed E-state index contributed by atoms with van der Waals surface area (Å²) < 4.78 is 0. The summed E-state index contributed by atoms with van der Waals surface area (Å²) in [6, 6.07) is 19.1. The van der Waals surface area contributed by atoms with Crippen molar-refractivity contribution in [3.63, 3.8) is 0 Å². The molecule has 2 aromatic carbocycles. The first-order chi connectivity index (χ1) is 15.7. The Morgan fingerprint density at radius 1 is 1.00 bits per heavy atom. The van der Waals surface area contributed by atoms with E-state index in [2.05, 4.69) is 28.5 Å². The Bertz CT molecular complexity index is 1190. The molecule has 1 aliphatic carbocycles. The Labute approximate surface area is 191 Å². The van der Waals surface area contributed by atoms with Crippen molar-refractivity contribution in [3.05, 3.63) is 90.1 Å². The van der Waals surface area contributed by atoms with E-state index >= 15 is 0 Å². The van der Waals surface area contributed by atoms with Gasteiger partial charge in [-0.25, -0.2) is 4.98 Å². The van der Waals surface area contributed by atoms with Gasteiger partial charge >= 0.3 is 0 Å². The van der Waals surface area contributed by atoms with E-state index in [9.17, 15) is 9.59 Å². The second-order valence-corrected chi connectivity index (χ2v) is 9.01. The normalized spacial score (nSPS) is 17.1. The molecular formula is C26H23N3O2S. The first kappa shape index (κ1) is 20.5. The molecular weight excluding hydrogens is 418 g/mol. The number of allylic oxidation sites excluding steroid dienone is 2. The van der Waals surface area contributed by atoms with Crippen LogP contribution in [0.3, 0.4) is 0 Å². The third kappa shape index (κ3) is 4.18. The van der Waals surface area contributed by atoms with E-state index in [1.807, 2.05) is 30.3 Å². The second kappa shape index (κ2) is 9.01. The Balaban J connectivity index is 1.37. The number of hydrogen-bond donors (Lipinski definition) is 1. The number of nitrogens with one attached hydrogen (secondary N) is 1. The molecule has 2 amide bonds. The van der Waals surface area contributed by atoms with Gasteiger partial charge < -0.3 is 10.2 Å². The van der Waals surface area contributed by atoms with Gasteiger partial charge in [0, 0.05) is 28.3 Å². The average molecular weight is 442 g/mol. The fourth-order valence-electron chi connectivity index (χ4n) is 4.07. The monoisotopic (exact) mass is 441 g/mol. The molecule has 5 rings (SSSR count). The van der Waals surface area contributed by atoms with E-state index in [0.717, 1.165) is 40.4 Å². The summed E-state index contributed by atoms with van der Waals surface area (Å²) >= 11 is 1.59. The number of hydrogen-bond acceptors (Lipinski definition) is 4. The lowest BCUT2D eigenvalue weighted by Gasteiger charge is -2.22. The zero-order valence-corrected chi connectivity index (χ0v) is 18.3. The number of amides is 2. The highest BCUT2D eigenvalue weighted by molar-refractivity contribution is 7.99. The molecule has 0 saturated carbocycles. The van der Waals surface area contributed by atoms with Crippen LogP contribution in [0.5, 0.6) is 0 Å². The van der Waals surface area contributed by atoms with Crippen LogP contribution in [-0.2, 0) is 11.3 Å². The maximum absolute atomic E-state index is 13.5. The topological polar surface area (TPSA) is 62.3 Å². The van der Waals surface area contributed by atoms with E-state index < -0.39 is 0 Å². The lowest BCUT2D eigenvalue weighted by molar-refractivity contribution is -0.120. The molecule has 1 aromatic heterocycles. The van der Waals surface area contributed by atoms with Crippen molar-refractivity contribution < 1.29 is 9.59 Å². The minimum atomic E-state index is -0.0909. The average Bonchev–Trinajstić information content (AvgIpc) is 3.01. The van der Waals surface area contributed by atoms with Crippen LogP contribution >= 0.6 is 11.8 Å². The van der Waals surface area contributed by atoms with E-state index in [0.29, 0.717) is 17.8 Å². The van der Waals surface area contributed by atoms with Crippen LogP contribution in [0.25, 0.3) is 0 Å². The van der Waals surface area contributed by atoms with Gasteiger partial charge in [0.1, 0.15) is 5.03 Å². The van der Waals surface area contributed by atoms with Crippen LogP contribution in [0, 0.1) is 5.92 Å². The van der Waals surface area contributed by atoms with Gasteiger partial charge in [-0.2, -0.15) is 0 Å². The Morgan fingerprint density at radius 2 is 1.84 bits per heavy atom. The molecule has 160 valence electrons. The standard InChI is InChI=1S/C26H23N3O2S/c30-24(18-7-2-1-3-8-18)28-21-14-12-19(13-15-21)26(31)29-17-20-9-4-5-11-23(20)32-25-22(29)10-6-16-27-25/h1-2,4-6,9-16,18H,3,7-8,17H2,(H,28,30). The number of rotatable bonds is 3. The molecule has 5 nitrogen and oxygen atoms in total. The van der Waals surface area contributed by atoms with Gasteiger partial charge in [0.2, 0.25) is 5.91 Å². The number of anilines is 2. The summed E-state index contributed by atoms with van der Waals surface area (Å²) in [6.07, 6.45) is 8.55. The quantitative estimate of drug-likeness (QED) is 0.531. The zero-order chi connectivity index (χ0) is 21.9. The van der Waals surface area contributed by atoms with E-state index in [1.165, 1.54) is 0 Å². The largest absolute Gasteiger partial charge is 0.326 e. The van der Waals surface area contributed by atoms with Crippen molar-refractivity contribution in [2.45, 2.75) is 35.7 Å². The van der Waals surface area contributed by atoms with Gasteiger partial charge in [0.05, 0.1) is 12.2 Å². The number of carbonyl (C=O) groups excluding carboxylic acids is 2. The van der Waals surface area contributed by atoms with Crippen LogP contribution in [0.2, 0.25) is 0 Å². The van der Waals surface area contributed by atoms with Gasteiger partial charge in [0.15, 0.2) is 0 Å². The predicted octanol–water partition coefficient (Wildman–Crippen LogP) is 5.69. The first-order valence-electron chi connectivity index (χ1n) is 10.8. The molecule has 3 aromatic rings. The van der Waals surface area contributed by atoms with Crippen molar-refractivity contribution >= 4 is 35.0 Å². The maximum atomic E-state index is 13.5. The van der Waals surface area contributed by atoms with Gasteiger partial charge in [-0.15, -0.1) is 0 Å². The van der Waals surface area contributed by atoms with Crippen molar-refractivity contribution in [3.8, 4) is 0 Å². The van der Waals surface area contributed by atoms with Gasteiger partial charge in [0.25, 0.3) is 5.91 Å². The third-order valence-corrected chi connectivity index (χ3v) is 6.96. The number of nitrogens with zero attached hydrogens (tertiary/aromatic N) is 2. The van der Waals surface area contributed by atoms with Crippen molar-refractivity contribution in [2.75, 3.05) is 10.2 Å². The van der Waals surface area contributed by atoms with E-state index in [1.54, 1.807) is 47.1 Å². The second-order valence-electron chi connectivity index (χ2n) is 7.98. The minimum absolute atomic E-state index is 0.0139. The molecule has 2 heterocycles. The molecule has 1 N–H and O–H groups in total. The van der Waals surface area contributed by atoms with E-state index in [-0.39, 0.29) is 17.7 Å². The Morgan fingerprint density at radius 3 is 2.66 bits per heavy atom. The highest BCUT2D eigenvalue weighted by Gasteiger charge is 2.26. The van der Waals surface area contributed by atoms with Gasteiger partial charge in [-0.3, -0.25) is 9.59 Å². The van der Waals surface area contributed by atoms with Crippen molar-refractivity contribution in [1.29, 1.82) is 0 Å². The van der Waals surface area contributed by atoms with Gasteiger partial charge in [-0.1, -0.05) is 42.1 Å². The Kier molecular flexibility index (Phi) is 5.77. The Hall–Kier alpha value is -3.38. The minimum Gasteiger partial charge on any atom is -0.326 e. The molecule has 2 aliphatic rings. The molecule has 0 spiro atoms. The number of carbonyl (C=O) groups is 2. The summed E-state index contributed by atoms with van der Waals surface area (Å²) in [5, 5.41) is 3.80.